The average molecular weight is 211 g/mol. The summed E-state index contributed by atoms with van der Waals surface area (Å²) in [7, 11) is 0. The standard InChI is InChI=1S/C10H17N3S/c1-2-14-6-4-9-10-8(3-5-11-9)12-7-13-10/h7,9,11H,2-6H2,1H3,(H,12,13). The Labute approximate surface area is 89.1 Å². The first-order chi connectivity index (χ1) is 6.92. The summed E-state index contributed by atoms with van der Waals surface area (Å²) in [6.07, 6.45) is 4.10. The number of aromatic amines is 1. The van der Waals surface area contributed by atoms with Gasteiger partial charge in [-0.05, 0) is 17.9 Å². The van der Waals surface area contributed by atoms with Crippen molar-refractivity contribution in [3.63, 3.8) is 0 Å². The lowest BCUT2D eigenvalue weighted by atomic mass is 10.0. The van der Waals surface area contributed by atoms with Crippen LogP contribution in [0.5, 0.6) is 0 Å². The number of aromatic nitrogens is 2. The van der Waals surface area contributed by atoms with Crippen molar-refractivity contribution in [3.05, 3.63) is 17.7 Å². The van der Waals surface area contributed by atoms with Crippen LogP contribution in [0.15, 0.2) is 6.33 Å². The normalized spacial score (nSPS) is 20.8. The van der Waals surface area contributed by atoms with Gasteiger partial charge in [-0.3, -0.25) is 0 Å². The fourth-order valence-corrected chi connectivity index (χ4v) is 2.58. The Kier molecular flexibility index (Phi) is 3.48. The van der Waals surface area contributed by atoms with Crippen LogP contribution in [0.4, 0.5) is 0 Å². The minimum Gasteiger partial charge on any atom is -0.348 e. The molecule has 0 aromatic carbocycles. The van der Waals surface area contributed by atoms with Crippen LogP contribution >= 0.6 is 11.8 Å². The monoisotopic (exact) mass is 211 g/mol. The number of thioether (sulfide) groups is 1. The molecule has 1 aliphatic rings. The Morgan fingerprint density at radius 1 is 1.64 bits per heavy atom. The Balaban J connectivity index is 1.94. The summed E-state index contributed by atoms with van der Waals surface area (Å²) in [6.45, 7) is 3.29. The summed E-state index contributed by atoms with van der Waals surface area (Å²) in [5.41, 5.74) is 2.57. The van der Waals surface area contributed by atoms with Crippen molar-refractivity contribution in [3.8, 4) is 0 Å². The molecule has 14 heavy (non-hydrogen) atoms. The second-order valence-corrected chi connectivity index (χ2v) is 4.90. The summed E-state index contributed by atoms with van der Waals surface area (Å²) in [5, 5.41) is 3.52. The van der Waals surface area contributed by atoms with Gasteiger partial charge >= 0.3 is 0 Å². The first kappa shape index (κ1) is 10.1. The van der Waals surface area contributed by atoms with E-state index in [9.17, 15) is 0 Å². The number of nitrogens with one attached hydrogen (secondary N) is 2. The van der Waals surface area contributed by atoms with Gasteiger partial charge in [0.15, 0.2) is 0 Å². The van der Waals surface area contributed by atoms with Gasteiger partial charge < -0.3 is 10.3 Å². The van der Waals surface area contributed by atoms with E-state index < -0.39 is 0 Å². The fourth-order valence-electron chi connectivity index (χ4n) is 1.88. The third-order valence-electron chi connectivity index (χ3n) is 2.60. The van der Waals surface area contributed by atoms with Crippen molar-refractivity contribution in [1.29, 1.82) is 0 Å². The molecule has 2 heterocycles. The van der Waals surface area contributed by atoms with E-state index in [4.69, 9.17) is 0 Å². The highest BCUT2D eigenvalue weighted by atomic mass is 32.2. The molecule has 1 unspecified atom stereocenters. The van der Waals surface area contributed by atoms with E-state index in [1.165, 1.54) is 29.3 Å². The Hall–Kier alpha value is -0.480. The van der Waals surface area contributed by atoms with Crippen LogP contribution in [0.1, 0.15) is 30.8 Å². The molecule has 0 saturated carbocycles. The van der Waals surface area contributed by atoms with Crippen LogP contribution in [0.3, 0.4) is 0 Å². The molecule has 0 spiro atoms. The molecule has 2 N–H and O–H groups in total. The van der Waals surface area contributed by atoms with Crippen LogP contribution in [0.2, 0.25) is 0 Å². The largest absolute Gasteiger partial charge is 0.348 e. The van der Waals surface area contributed by atoms with E-state index in [2.05, 4.69) is 22.2 Å². The van der Waals surface area contributed by atoms with Gasteiger partial charge in [0.1, 0.15) is 0 Å². The number of hydrogen-bond donors (Lipinski definition) is 2. The maximum absolute atomic E-state index is 4.39. The molecule has 0 radical (unpaired) electrons. The first-order valence-electron chi connectivity index (χ1n) is 5.25. The van der Waals surface area contributed by atoms with Crippen LogP contribution < -0.4 is 5.32 Å². The van der Waals surface area contributed by atoms with E-state index in [0.717, 1.165) is 13.0 Å². The summed E-state index contributed by atoms with van der Waals surface area (Å²) in [4.78, 5) is 7.61. The van der Waals surface area contributed by atoms with E-state index in [1.54, 1.807) is 0 Å². The van der Waals surface area contributed by atoms with Crippen LogP contribution in [0.25, 0.3) is 0 Å². The van der Waals surface area contributed by atoms with Crippen molar-refractivity contribution in [1.82, 2.24) is 15.3 Å². The first-order valence-corrected chi connectivity index (χ1v) is 6.40. The molecule has 2 rings (SSSR count). The van der Waals surface area contributed by atoms with E-state index in [1.807, 2.05) is 18.1 Å². The third kappa shape index (κ3) is 2.12. The van der Waals surface area contributed by atoms with Gasteiger partial charge in [0.2, 0.25) is 0 Å². The third-order valence-corrected chi connectivity index (χ3v) is 3.54. The van der Waals surface area contributed by atoms with Crippen molar-refractivity contribution in [2.75, 3.05) is 18.1 Å². The number of H-pyrrole nitrogens is 1. The lowest BCUT2D eigenvalue weighted by Gasteiger charge is -2.22. The van der Waals surface area contributed by atoms with Gasteiger partial charge in [-0.25, -0.2) is 4.98 Å². The molecule has 78 valence electrons. The van der Waals surface area contributed by atoms with Gasteiger partial charge in [0.25, 0.3) is 0 Å². The predicted octanol–water partition coefficient (Wildman–Crippen LogP) is 1.74. The van der Waals surface area contributed by atoms with E-state index in [-0.39, 0.29) is 0 Å². The molecule has 1 aliphatic heterocycles. The molecule has 3 nitrogen and oxygen atoms in total. The highest BCUT2D eigenvalue weighted by Crippen LogP contribution is 2.23. The smallest absolute Gasteiger partial charge is 0.0925 e. The van der Waals surface area contributed by atoms with Crippen molar-refractivity contribution in [2.45, 2.75) is 25.8 Å². The van der Waals surface area contributed by atoms with Crippen LogP contribution in [-0.2, 0) is 6.42 Å². The van der Waals surface area contributed by atoms with Crippen molar-refractivity contribution < 1.29 is 0 Å². The second kappa shape index (κ2) is 4.84. The zero-order chi connectivity index (χ0) is 9.80. The zero-order valence-corrected chi connectivity index (χ0v) is 9.36. The number of rotatable bonds is 4. The maximum atomic E-state index is 4.39. The van der Waals surface area contributed by atoms with Gasteiger partial charge in [-0.2, -0.15) is 11.8 Å². The molecular weight excluding hydrogens is 194 g/mol. The summed E-state index contributed by atoms with van der Waals surface area (Å²) < 4.78 is 0. The molecule has 0 saturated heterocycles. The summed E-state index contributed by atoms with van der Waals surface area (Å²) in [6, 6.07) is 0.476. The summed E-state index contributed by atoms with van der Waals surface area (Å²) in [5.74, 6) is 2.43. The lowest BCUT2D eigenvalue weighted by Crippen LogP contribution is -2.30. The molecular formula is C10H17N3S. The van der Waals surface area contributed by atoms with Crippen LogP contribution in [0, 0.1) is 0 Å². The number of nitrogens with zero attached hydrogens (tertiary/aromatic N) is 1. The average Bonchev–Trinajstić information content (AvgIpc) is 2.67. The Morgan fingerprint density at radius 2 is 2.57 bits per heavy atom. The molecule has 1 aromatic heterocycles. The predicted molar refractivity (Wildman–Crippen MR) is 60.7 cm³/mol. The Morgan fingerprint density at radius 3 is 3.43 bits per heavy atom. The highest BCUT2D eigenvalue weighted by molar-refractivity contribution is 7.99. The van der Waals surface area contributed by atoms with Gasteiger partial charge in [0.05, 0.1) is 18.1 Å². The molecule has 4 heteroatoms. The van der Waals surface area contributed by atoms with E-state index in [0.29, 0.717) is 6.04 Å². The lowest BCUT2D eigenvalue weighted by molar-refractivity contribution is 0.483. The molecule has 0 amide bonds. The molecule has 1 aromatic rings. The number of imidazole rings is 1. The van der Waals surface area contributed by atoms with Crippen LogP contribution in [-0.4, -0.2) is 28.0 Å². The highest BCUT2D eigenvalue weighted by Gasteiger charge is 2.21. The molecule has 0 fully saturated rings. The van der Waals surface area contributed by atoms with Gasteiger partial charge in [-0.15, -0.1) is 0 Å². The van der Waals surface area contributed by atoms with Crippen molar-refractivity contribution >= 4 is 11.8 Å². The fraction of sp³-hybridized carbons (Fsp3) is 0.700. The summed E-state index contributed by atoms with van der Waals surface area (Å²) >= 11 is 2.00. The quantitative estimate of drug-likeness (QED) is 0.745. The number of fused-ring (bicyclic) bond motifs is 1. The molecule has 0 aliphatic carbocycles. The minimum absolute atomic E-state index is 0.476. The van der Waals surface area contributed by atoms with E-state index >= 15 is 0 Å². The minimum atomic E-state index is 0.476. The van der Waals surface area contributed by atoms with Gasteiger partial charge in [0, 0.05) is 18.7 Å². The maximum Gasteiger partial charge on any atom is 0.0925 e. The van der Waals surface area contributed by atoms with Gasteiger partial charge in [-0.1, -0.05) is 6.92 Å². The molecule has 0 bridgehead atoms. The molecule has 1 atom stereocenters. The van der Waals surface area contributed by atoms with Crippen molar-refractivity contribution in [2.24, 2.45) is 0 Å². The SMILES string of the molecule is CCSCCC1NCCc2[nH]cnc21. The topological polar surface area (TPSA) is 40.7 Å². The number of hydrogen-bond acceptors (Lipinski definition) is 3. The second-order valence-electron chi connectivity index (χ2n) is 3.51. The zero-order valence-electron chi connectivity index (χ0n) is 8.55. The Bertz CT molecular complexity index is 285.